The zero-order chi connectivity index (χ0) is 35.8. The van der Waals surface area contributed by atoms with Gasteiger partial charge in [-0.15, -0.1) is 0 Å². The summed E-state index contributed by atoms with van der Waals surface area (Å²) in [5.41, 5.74) is 14.5. The molecule has 254 valence electrons. The van der Waals surface area contributed by atoms with Crippen LogP contribution in [-0.2, 0) is 0 Å². The lowest BCUT2D eigenvalue weighted by Crippen LogP contribution is -2.11. The van der Waals surface area contributed by atoms with Crippen molar-refractivity contribution >= 4 is 49.8 Å². The van der Waals surface area contributed by atoms with Gasteiger partial charge in [0, 0.05) is 33.1 Å². The summed E-state index contributed by atoms with van der Waals surface area (Å²) < 4.78 is 6.63. The number of rotatable bonds is 7. The van der Waals surface area contributed by atoms with Crippen LogP contribution in [0.5, 0.6) is 0 Å². The third-order valence-corrected chi connectivity index (χ3v) is 10.5. The first-order valence-electron chi connectivity index (χ1n) is 18.4. The highest BCUT2D eigenvalue weighted by Crippen LogP contribution is 2.46. The standard InChI is InChI=1S/C52H35NO/c1-3-13-36(14-4-1)38-25-30-43(31-26-38)53(44-32-27-39(28-33-44)42-19-11-18-41(35-42)37-15-5-2-6-16-37)49-23-10-9-21-46(49)47-22-12-24-50-51(47)48-34-29-40-17-7-8-20-45(40)52(48)54-50/h1-35H. The maximum Gasteiger partial charge on any atom is 0.143 e. The van der Waals surface area contributed by atoms with Gasteiger partial charge in [-0.05, 0) is 92.9 Å². The maximum atomic E-state index is 6.63. The molecule has 9 aromatic carbocycles. The maximum absolute atomic E-state index is 6.63. The van der Waals surface area contributed by atoms with Crippen molar-refractivity contribution in [2.45, 2.75) is 0 Å². The van der Waals surface area contributed by atoms with Crippen molar-refractivity contribution in [2.75, 3.05) is 4.90 Å². The van der Waals surface area contributed by atoms with Crippen LogP contribution in [0.3, 0.4) is 0 Å². The highest BCUT2D eigenvalue weighted by molar-refractivity contribution is 6.19. The molecular weight excluding hydrogens is 655 g/mol. The van der Waals surface area contributed by atoms with Gasteiger partial charge in [0.1, 0.15) is 11.2 Å². The van der Waals surface area contributed by atoms with Gasteiger partial charge >= 0.3 is 0 Å². The number of fused-ring (bicyclic) bond motifs is 5. The van der Waals surface area contributed by atoms with E-state index in [-0.39, 0.29) is 0 Å². The minimum atomic E-state index is 0.884. The van der Waals surface area contributed by atoms with Gasteiger partial charge in [-0.25, -0.2) is 0 Å². The van der Waals surface area contributed by atoms with Crippen molar-refractivity contribution in [2.24, 2.45) is 0 Å². The fourth-order valence-electron chi connectivity index (χ4n) is 7.85. The van der Waals surface area contributed by atoms with E-state index in [9.17, 15) is 0 Å². The number of hydrogen-bond donors (Lipinski definition) is 0. The second kappa shape index (κ2) is 13.4. The fraction of sp³-hybridized carbons (Fsp3) is 0. The van der Waals surface area contributed by atoms with E-state index in [0.29, 0.717) is 0 Å². The Labute approximate surface area is 314 Å². The zero-order valence-corrected chi connectivity index (χ0v) is 29.6. The van der Waals surface area contributed by atoms with Crippen LogP contribution in [0.15, 0.2) is 217 Å². The van der Waals surface area contributed by atoms with Crippen LogP contribution in [0.2, 0.25) is 0 Å². The molecule has 0 unspecified atom stereocenters. The molecule has 1 aromatic heterocycles. The second-order valence-corrected chi connectivity index (χ2v) is 13.7. The second-order valence-electron chi connectivity index (χ2n) is 13.7. The van der Waals surface area contributed by atoms with Crippen molar-refractivity contribution < 1.29 is 4.42 Å². The van der Waals surface area contributed by atoms with E-state index in [4.69, 9.17) is 4.42 Å². The Kier molecular flexibility index (Phi) is 7.85. The minimum absolute atomic E-state index is 0.884. The third kappa shape index (κ3) is 5.62. The summed E-state index contributed by atoms with van der Waals surface area (Å²) >= 11 is 0. The first kappa shape index (κ1) is 31.6. The minimum Gasteiger partial charge on any atom is -0.455 e. The quantitative estimate of drug-likeness (QED) is 0.166. The lowest BCUT2D eigenvalue weighted by Gasteiger charge is -2.28. The third-order valence-electron chi connectivity index (χ3n) is 10.5. The number of hydrogen-bond acceptors (Lipinski definition) is 2. The van der Waals surface area contributed by atoms with Crippen LogP contribution in [0.1, 0.15) is 0 Å². The molecule has 2 heteroatoms. The summed E-state index contributed by atoms with van der Waals surface area (Å²) in [6.07, 6.45) is 0. The molecule has 0 fully saturated rings. The Bertz CT molecular complexity index is 2910. The summed E-state index contributed by atoms with van der Waals surface area (Å²) in [4.78, 5) is 2.38. The van der Waals surface area contributed by atoms with Gasteiger partial charge in [0.2, 0.25) is 0 Å². The monoisotopic (exact) mass is 689 g/mol. The van der Waals surface area contributed by atoms with Gasteiger partial charge in [0.05, 0.1) is 5.69 Å². The van der Waals surface area contributed by atoms with Crippen LogP contribution < -0.4 is 4.90 Å². The van der Waals surface area contributed by atoms with Gasteiger partial charge < -0.3 is 9.32 Å². The molecule has 0 aliphatic rings. The molecule has 10 aromatic rings. The fourth-order valence-corrected chi connectivity index (χ4v) is 7.85. The van der Waals surface area contributed by atoms with E-state index in [1.165, 1.54) is 38.8 Å². The molecule has 0 saturated carbocycles. The van der Waals surface area contributed by atoms with E-state index in [1.54, 1.807) is 0 Å². The summed E-state index contributed by atoms with van der Waals surface area (Å²) in [5, 5.41) is 4.54. The molecule has 0 aliphatic heterocycles. The highest BCUT2D eigenvalue weighted by atomic mass is 16.3. The summed E-state index contributed by atoms with van der Waals surface area (Å²) in [6.45, 7) is 0. The summed E-state index contributed by atoms with van der Waals surface area (Å²) in [5.74, 6) is 0. The van der Waals surface area contributed by atoms with E-state index in [0.717, 1.165) is 55.5 Å². The Balaban J connectivity index is 1.12. The largest absolute Gasteiger partial charge is 0.455 e. The van der Waals surface area contributed by atoms with Gasteiger partial charge in [0.15, 0.2) is 0 Å². The summed E-state index contributed by atoms with van der Waals surface area (Å²) in [7, 11) is 0. The Morgan fingerprint density at radius 2 is 0.852 bits per heavy atom. The molecular formula is C52H35NO. The molecule has 0 spiro atoms. The average Bonchev–Trinajstić information content (AvgIpc) is 3.65. The topological polar surface area (TPSA) is 16.4 Å². The predicted octanol–water partition coefficient (Wildman–Crippen LogP) is 14.9. The number of nitrogens with zero attached hydrogens (tertiary/aromatic N) is 1. The zero-order valence-electron chi connectivity index (χ0n) is 29.6. The van der Waals surface area contributed by atoms with Gasteiger partial charge in [-0.1, -0.05) is 164 Å². The summed E-state index contributed by atoms with van der Waals surface area (Å²) in [6, 6.07) is 75.8. The SMILES string of the molecule is c1ccc(-c2ccc(N(c3ccc(-c4cccc(-c5ccccc5)c4)cc3)c3ccccc3-c3cccc4oc5c6ccccc6ccc5c34)cc2)cc1. The molecule has 0 bridgehead atoms. The molecule has 0 amide bonds. The van der Waals surface area contributed by atoms with Crippen LogP contribution in [0.25, 0.3) is 77.2 Å². The van der Waals surface area contributed by atoms with Crippen LogP contribution in [-0.4, -0.2) is 0 Å². The van der Waals surface area contributed by atoms with Crippen molar-refractivity contribution in [3.8, 4) is 44.5 Å². The molecule has 54 heavy (non-hydrogen) atoms. The number of anilines is 3. The Morgan fingerprint density at radius 1 is 0.333 bits per heavy atom. The number of furan rings is 1. The van der Waals surface area contributed by atoms with Gasteiger partial charge in [-0.3, -0.25) is 0 Å². The Hall–Kier alpha value is -7.16. The first-order chi connectivity index (χ1) is 26.8. The first-order valence-corrected chi connectivity index (χ1v) is 18.4. The van der Waals surface area contributed by atoms with E-state index < -0.39 is 0 Å². The Morgan fingerprint density at radius 3 is 1.56 bits per heavy atom. The molecule has 0 atom stereocenters. The van der Waals surface area contributed by atoms with Crippen molar-refractivity contribution in [1.29, 1.82) is 0 Å². The van der Waals surface area contributed by atoms with E-state index in [2.05, 4.69) is 217 Å². The van der Waals surface area contributed by atoms with Crippen LogP contribution in [0.4, 0.5) is 17.1 Å². The predicted molar refractivity (Wildman–Crippen MR) is 228 cm³/mol. The molecule has 0 aliphatic carbocycles. The molecule has 10 rings (SSSR count). The number of benzene rings is 9. The van der Waals surface area contributed by atoms with Crippen molar-refractivity contribution in [3.63, 3.8) is 0 Å². The lowest BCUT2D eigenvalue weighted by molar-refractivity contribution is 0.673. The van der Waals surface area contributed by atoms with Gasteiger partial charge in [-0.2, -0.15) is 0 Å². The molecule has 0 radical (unpaired) electrons. The van der Waals surface area contributed by atoms with Crippen molar-refractivity contribution in [1.82, 2.24) is 0 Å². The smallest absolute Gasteiger partial charge is 0.143 e. The molecule has 1 heterocycles. The number of para-hydroxylation sites is 1. The van der Waals surface area contributed by atoms with Crippen LogP contribution >= 0.6 is 0 Å². The average molecular weight is 690 g/mol. The molecule has 0 N–H and O–H groups in total. The van der Waals surface area contributed by atoms with Crippen LogP contribution in [0, 0.1) is 0 Å². The highest BCUT2D eigenvalue weighted by Gasteiger charge is 2.21. The van der Waals surface area contributed by atoms with E-state index in [1.807, 2.05) is 0 Å². The van der Waals surface area contributed by atoms with E-state index >= 15 is 0 Å². The lowest BCUT2D eigenvalue weighted by atomic mass is 9.95. The molecule has 2 nitrogen and oxygen atoms in total. The normalized spacial score (nSPS) is 11.3. The van der Waals surface area contributed by atoms with Gasteiger partial charge in [0.25, 0.3) is 0 Å². The molecule has 0 saturated heterocycles. The van der Waals surface area contributed by atoms with Crippen molar-refractivity contribution in [3.05, 3.63) is 212 Å².